The second-order valence-corrected chi connectivity index (χ2v) is 9.33. The number of nitrogens with one attached hydrogen (secondary N) is 2. The average molecular weight is 509 g/mol. The van der Waals surface area contributed by atoms with Crippen LogP contribution in [0.15, 0.2) is 22.5 Å². The van der Waals surface area contributed by atoms with Gasteiger partial charge in [-0.2, -0.15) is 0 Å². The van der Waals surface area contributed by atoms with Gasteiger partial charge < -0.3 is 20.5 Å². The summed E-state index contributed by atoms with van der Waals surface area (Å²) in [4.78, 5) is 5.56. The van der Waals surface area contributed by atoms with Gasteiger partial charge in [0.2, 0.25) is 0 Å². The molecule has 7 heteroatoms. The topological polar surface area (TPSA) is 65.9 Å². The summed E-state index contributed by atoms with van der Waals surface area (Å²) >= 11 is 1.56. The lowest BCUT2D eigenvalue weighted by Gasteiger charge is -2.40. The van der Waals surface area contributed by atoms with Crippen LogP contribution in [-0.2, 0) is 10.3 Å². The zero-order valence-corrected chi connectivity index (χ0v) is 20.4. The highest BCUT2D eigenvalue weighted by molar-refractivity contribution is 14.0. The molecule has 5 nitrogen and oxygen atoms in total. The Morgan fingerprint density at radius 3 is 2.67 bits per heavy atom. The number of ether oxygens (including phenoxy) is 1. The Balaban J connectivity index is 0.00000364. The van der Waals surface area contributed by atoms with E-state index in [0.717, 1.165) is 37.0 Å². The molecule has 2 rings (SSSR count). The van der Waals surface area contributed by atoms with Crippen molar-refractivity contribution in [2.45, 2.75) is 59.2 Å². The van der Waals surface area contributed by atoms with Crippen LogP contribution in [0.5, 0.6) is 0 Å². The number of hydrogen-bond acceptors (Lipinski definition) is 4. The Bertz CT molecular complexity index is 570. The molecule has 0 aromatic carbocycles. The van der Waals surface area contributed by atoms with Crippen molar-refractivity contribution in [3.63, 3.8) is 0 Å². The standard InChI is InChI=1S/C20H35N3O2S.HI/c1-6-21-18(23-14-20(5,24)16-10-8-12-26-16)22-13-15-9-7-11-25-17(15)19(2,3)4;/h8,10,12,15,17,24H,6-7,9,11,13-14H2,1-5H3,(H2,21,22,23);1H. The molecule has 3 N–H and O–H groups in total. The van der Waals surface area contributed by atoms with Crippen LogP contribution in [0.3, 0.4) is 0 Å². The molecular formula is C20H36IN3O2S. The molecule has 3 unspecified atom stereocenters. The largest absolute Gasteiger partial charge is 0.383 e. The summed E-state index contributed by atoms with van der Waals surface area (Å²) in [7, 11) is 0. The first-order valence-corrected chi connectivity index (χ1v) is 10.5. The van der Waals surface area contributed by atoms with Crippen LogP contribution < -0.4 is 10.6 Å². The Hall–Kier alpha value is -0.380. The van der Waals surface area contributed by atoms with Crippen molar-refractivity contribution in [2.75, 3.05) is 26.2 Å². The molecular weight excluding hydrogens is 473 g/mol. The summed E-state index contributed by atoms with van der Waals surface area (Å²) in [6.45, 7) is 13.4. The minimum absolute atomic E-state index is 0. The highest BCUT2D eigenvalue weighted by Crippen LogP contribution is 2.33. The number of rotatable bonds is 6. The van der Waals surface area contributed by atoms with E-state index in [1.165, 1.54) is 6.42 Å². The van der Waals surface area contributed by atoms with E-state index in [9.17, 15) is 5.11 Å². The van der Waals surface area contributed by atoms with Crippen LogP contribution in [0.4, 0.5) is 0 Å². The number of guanidine groups is 1. The van der Waals surface area contributed by atoms with E-state index in [4.69, 9.17) is 4.74 Å². The summed E-state index contributed by atoms with van der Waals surface area (Å²) in [6.07, 6.45) is 2.53. The maximum atomic E-state index is 10.7. The molecule has 0 amide bonds. The molecule has 1 aliphatic heterocycles. The Labute approximate surface area is 185 Å². The van der Waals surface area contributed by atoms with E-state index in [0.29, 0.717) is 12.5 Å². The van der Waals surface area contributed by atoms with Crippen LogP contribution >= 0.6 is 35.3 Å². The number of halogens is 1. The molecule has 1 aromatic heterocycles. The van der Waals surface area contributed by atoms with Crippen molar-refractivity contribution in [2.24, 2.45) is 16.3 Å². The highest BCUT2D eigenvalue weighted by atomic mass is 127. The second-order valence-electron chi connectivity index (χ2n) is 8.39. The average Bonchev–Trinajstić information content (AvgIpc) is 3.12. The Morgan fingerprint density at radius 2 is 2.07 bits per heavy atom. The first-order valence-electron chi connectivity index (χ1n) is 9.64. The van der Waals surface area contributed by atoms with Gasteiger partial charge >= 0.3 is 0 Å². The molecule has 0 radical (unpaired) electrons. The smallest absolute Gasteiger partial charge is 0.191 e. The van der Waals surface area contributed by atoms with E-state index in [2.05, 4.69) is 43.3 Å². The molecule has 1 aliphatic rings. The molecule has 2 heterocycles. The van der Waals surface area contributed by atoms with E-state index < -0.39 is 5.60 Å². The number of thiophene rings is 1. The van der Waals surface area contributed by atoms with E-state index in [-0.39, 0.29) is 35.5 Å². The van der Waals surface area contributed by atoms with Gasteiger partial charge in [-0.25, -0.2) is 4.99 Å². The second kappa shape index (κ2) is 11.0. The molecule has 27 heavy (non-hydrogen) atoms. The highest BCUT2D eigenvalue weighted by Gasteiger charge is 2.35. The van der Waals surface area contributed by atoms with Crippen molar-refractivity contribution in [3.8, 4) is 0 Å². The van der Waals surface area contributed by atoms with E-state index >= 15 is 0 Å². The molecule has 3 atom stereocenters. The van der Waals surface area contributed by atoms with Crippen LogP contribution in [0.1, 0.15) is 52.3 Å². The molecule has 0 bridgehead atoms. The SMILES string of the molecule is CCNC(=NCC(C)(O)c1cccs1)NCC1CCCOC1C(C)(C)C.I. The van der Waals surface area contributed by atoms with Crippen LogP contribution in [0.25, 0.3) is 0 Å². The monoisotopic (exact) mass is 509 g/mol. The van der Waals surface area contributed by atoms with Gasteiger partial charge in [0.15, 0.2) is 5.96 Å². The van der Waals surface area contributed by atoms with Crippen LogP contribution in [0.2, 0.25) is 0 Å². The first kappa shape index (κ1) is 24.7. The first-order chi connectivity index (χ1) is 12.2. The van der Waals surface area contributed by atoms with Gasteiger partial charge in [-0.15, -0.1) is 35.3 Å². The number of nitrogens with zero attached hydrogens (tertiary/aromatic N) is 1. The summed E-state index contributed by atoms with van der Waals surface area (Å²) in [6, 6.07) is 3.91. The van der Waals surface area contributed by atoms with Crippen LogP contribution in [-0.4, -0.2) is 43.4 Å². The third kappa shape index (κ3) is 7.51. The maximum absolute atomic E-state index is 10.7. The molecule has 0 saturated carbocycles. The van der Waals surface area contributed by atoms with E-state index in [1.54, 1.807) is 11.3 Å². The van der Waals surface area contributed by atoms with Gasteiger partial charge in [0.25, 0.3) is 0 Å². The van der Waals surface area contributed by atoms with Gasteiger partial charge in [0.1, 0.15) is 5.60 Å². The van der Waals surface area contributed by atoms with Crippen molar-refractivity contribution >= 4 is 41.3 Å². The predicted octanol–water partition coefficient (Wildman–Crippen LogP) is 3.97. The number of aliphatic imine (C=N–C) groups is 1. The molecule has 1 aromatic rings. The number of aliphatic hydroxyl groups is 1. The molecule has 1 saturated heterocycles. The van der Waals surface area contributed by atoms with Crippen LogP contribution in [0, 0.1) is 11.3 Å². The quantitative estimate of drug-likeness (QED) is 0.309. The van der Waals surface area contributed by atoms with Gasteiger partial charge in [-0.1, -0.05) is 26.8 Å². The minimum atomic E-state index is -0.946. The molecule has 0 spiro atoms. The molecule has 1 fully saturated rings. The Kier molecular flexibility index (Phi) is 10.0. The van der Waals surface area contributed by atoms with Gasteiger partial charge in [-0.3, -0.25) is 0 Å². The zero-order valence-electron chi connectivity index (χ0n) is 17.2. The predicted molar refractivity (Wildman–Crippen MR) is 125 cm³/mol. The van der Waals surface area contributed by atoms with Crippen molar-refractivity contribution < 1.29 is 9.84 Å². The van der Waals surface area contributed by atoms with Gasteiger partial charge in [-0.05, 0) is 43.6 Å². The van der Waals surface area contributed by atoms with Crippen molar-refractivity contribution in [1.82, 2.24) is 10.6 Å². The number of hydrogen-bond donors (Lipinski definition) is 3. The van der Waals surface area contributed by atoms with Gasteiger partial charge in [0, 0.05) is 30.5 Å². The summed E-state index contributed by atoms with van der Waals surface area (Å²) in [5.74, 6) is 1.22. The minimum Gasteiger partial charge on any atom is -0.383 e. The maximum Gasteiger partial charge on any atom is 0.191 e. The normalized spacial score (nSPS) is 23.3. The third-order valence-electron chi connectivity index (χ3n) is 4.77. The lowest BCUT2D eigenvalue weighted by atomic mass is 9.78. The fourth-order valence-electron chi connectivity index (χ4n) is 3.47. The lowest BCUT2D eigenvalue weighted by molar-refractivity contribution is -0.0835. The van der Waals surface area contributed by atoms with Crippen molar-refractivity contribution in [1.29, 1.82) is 0 Å². The molecule has 156 valence electrons. The van der Waals surface area contributed by atoms with E-state index in [1.807, 2.05) is 24.4 Å². The summed E-state index contributed by atoms with van der Waals surface area (Å²) in [5.41, 5.74) is -0.816. The fourth-order valence-corrected chi connectivity index (χ4v) is 4.25. The summed E-state index contributed by atoms with van der Waals surface area (Å²) < 4.78 is 6.07. The summed E-state index contributed by atoms with van der Waals surface area (Å²) in [5, 5.41) is 19.4. The fraction of sp³-hybridized carbons (Fsp3) is 0.750. The lowest BCUT2D eigenvalue weighted by Crippen LogP contribution is -2.47. The Morgan fingerprint density at radius 1 is 1.33 bits per heavy atom. The zero-order chi connectivity index (χ0) is 19.2. The van der Waals surface area contributed by atoms with Gasteiger partial charge in [0.05, 0.1) is 12.6 Å². The third-order valence-corrected chi connectivity index (χ3v) is 5.89. The molecule has 0 aliphatic carbocycles. The van der Waals surface area contributed by atoms with Crippen molar-refractivity contribution in [3.05, 3.63) is 22.4 Å².